The summed E-state index contributed by atoms with van der Waals surface area (Å²) in [7, 11) is -3.10. The second-order valence-corrected chi connectivity index (χ2v) is 10.5. The summed E-state index contributed by atoms with van der Waals surface area (Å²) in [6.07, 6.45) is 4.11. The molecule has 1 aromatic rings. The monoisotopic (exact) mass is 409 g/mol. The van der Waals surface area contributed by atoms with Gasteiger partial charge >= 0.3 is 0 Å². The molecule has 1 saturated carbocycles. The van der Waals surface area contributed by atoms with Crippen LogP contribution < -0.4 is 19.7 Å². The number of rotatable bonds is 7. The molecule has 1 unspecified atom stereocenters. The Hall–Kier alpha value is -1.47. The molecule has 2 aliphatic rings. The fourth-order valence-electron chi connectivity index (χ4n) is 4.16. The first-order chi connectivity index (χ1) is 13.3. The Labute approximate surface area is 170 Å². The van der Waals surface area contributed by atoms with Crippen LogP contribution in [0.1, 0.15) is 53.4 Å². The number of ether oxygens (including phenoxy) is 1. The lowest BCUT2D eigenvalue weighted by molar-refractivity contribution is 0.209. The van der Waals surface area contributed by atoms with Crippen LogP contribution >= 0.6 is 0 Å². The molecular formula is C21H35N3O3S. The van der Waals surface area contributed by atoms with Gasteiger partial charge in [0.25, 0.3) is 0 Å². The summed E-state index contributed by atoms with van der Waals surface area (Å²) >= 11 is 0. The van der Waals surface area contributed by atoms with Gasteiger partial charge in [-0.25, -0.2) is 13.1 Å². The lowest BCUT2D eigenvalue weighted by Gasteiger charge is -2.38. The van der Waals surface area contributed by atoms with E-state index in [0.29, 0.717) is 12.0 Å². The molecule has 1 heterocycles. The van der Waals surface area contributed by atoms with E-state index in [9.17, 15) is 8.42 Å². The van der Waals surface area contributed by atoms with Gasteiger partial charge in [-0.15, -0.1) is 0 Å². The van der Waals surface area contributed by atoms with Gasteiger partial charge in [0.05, 0.1) is 18.0 Å². The average Bonchev–Trinajstić information content (AvgIpc) is 2.66. The standard InChI is InChI=1S/C21H35N3O3S/c1-5-28(25,26)23-18-8-6-17(7-9-18)13-22-19-10-11-20-21(12-19)27-16(4)14-24(20)15(2)3/h10-12,15-18,22-23H,5-9,13-14H2,1-4H3. The summed E-state index contributed by atoms with van der Waals surface area (Å²) in [5.41, 5.74) is 2.26. The number of anilines is 2. The van der Waals surface area contributed by atoms with Crippen molar-refractivity contribution in [1.82, 2.24) is 4.72 Å². The molecule has 2 N–H and O–H groups in total. The molecule has 1 fully saturated rings. The van der Waals surface area contributed by atoms with E-state index in [-0.39, 0.29) is 17.9 Å². The number of fused-ring (bicyclic) bond motifs is 1. The van der Waals surface area contributed by atoms with Crippen molar-refractivity contribution in [2.24, 2.45) is 5.92 Å². The number of hydrogen-bond acceptors (Lipinski definition) is 5. The van der Waals surface area contributed by atoms with E-state index < -0.39 is 10.0 Å². The maximum absolute atomic E-state index is 11.7. The first-order valence-corrected chi connectivity index (χ1v) is 12.2. The van der Waals surface area contributed by atoms with Crippen LogP contribution in [-0.4, -0.2) is 45.4 Å². The molecule has 0 amide bonds. The SMILES string of the molecule is CCS(=O)(=O)NC1CCC(CNc2ccc3c(c2)OC(C)CN3C(C)C)CC1. The van der Waals surface area contributed by atoms with Crippen molar-refractivity contribution in [3.63, 3.8) is 0 Å². The van der Waals surface area contributed by atoms with Crippen molar-refractivity contribution in [1.29, 1.82) is 0 Å². The third kappa shape index (κ3) is 5.32. The lowest BCUT2D eigenvalue weighted by atomic mass is 9.86. The van der Waals surface area contributed by atoms with Crippen LogP contribution in [-0.2, 0) is 10.0 Å². The zero-order chi connectivity index (χ0) is 20.3. The normalized spacial score (nSPS) is 25.3. The average molecular weight is 410 g/mol. The van der Waals surface area contributed by atoms with Crippen LogP contribution in [0.15, 0.2) is 18.2 Å². The maximum Gasteiger partial charge on any atom is 0.211 e. The Morgan fingerprint density at radius 1 is 1.21 bits per heavy atom. The molecule has 1 atom stereocenters. The second kappa shape index (κ2) is 8.91. The smallest absolute Gasteiger partial charge is 0.211 e. The molecule has 1 aliphatic heterocycles. The van der Waals surface area contributed by atoms with Gasteiger partial charge in [-0.3, -0.25) is 0 Å². The summed E-state index contributed by atoms with van der Waals surface area (Å²) in [5, 5.41) is 3.56. The van der Waals surface area contributed by atoms with E-state index in [1.54, 1.807) is 6.92 Å². The zero-order valence-corrected chi connectivity index (χ0v) is 18.4. The molecule has 7 heteroatoms. The van der Waals surface area contributed by atoms with Crippen molar-refractivity contribution in [3.05, 3.63) is 18.2 Å². The summed E-state index contributed by atoms with van der Waals surface area (Å²) < 4.78 is 32.3. The molecule has 0 bridgehead atoms. The predicted octanol–water partition coefficient (Wildman–Crippen LogP) is 3.59. The highest BCUT2D eigenvalue weighted by atomic mass is 32.2. The number of benzene rings is 1. The van der Waals surface area contributed by atoms with Gasteiger partial charge < -0.3 is 15.0 Å². The van der Waals surface area contributed by atoms with E-state index in [1.165, 1.54) is 5.69 Å². The van der Waals surface area contributed by atoms with E-state index in [4.69, 9.17) is 4.74 Å². The summed E-state index contributed by atoms with van der Waals surface area (Å²) in [6.45, 7) is 10.1. The highest BCUT2D eigenvalue weighted by Gasteiger charge is 2.26. The van der Waals surface area contributed by atoms with Gasteiger partial charge in [0.1, 0.15) is 11.9 Å². The van der Waals surface area contributed by atoms with Gasteiger partial charge in [0, 0.05) is 30.4 Å². The van der Waals surface area contributed by atoms with Gasteiger partial charge in [-0.05, 0) is 71.4 Å². The number of nitrogens with one attached hydrogen (secondary N) is 2. The van der Waals surface area contributed by atoms with Crippen LogP contribution in [0.25, 0.3) is 0 Å². The Kier molecular flexibility index (Phi) is 6.76. The molecular weight excluding hydrogens is 374 g/mol. The first-order valence-electron chi connectivity index (χ1n) is 10.6. The minimum Gasteiger partial charge on any atom is -0.487 e. The van der Waals surface area contributed by atoms with Crippen molar-refractivity contribution >= 4 is 21.4 Å². The summed E-state index contributed by atoms with van der Waals surface area (Å²) in [6, 6.07) is 6.95. The van der Waals surface area contributed by atoms with E-state index >= 15 is 0 Å². The minimum atomic E-state index is -3.10. The largest absolute Gasteiger partial charge is 0.487 e. The highest BCUT2D eigenvalue weighted by molar-refractivity contribution is 7.89. The van der Waals surface area contributed by atoms with Crippen molar-refractivity contribution < 1.29 is 13.2 Å². The quantitative estimate of drug-likeness (QED) is 0.720. The topological polar surface area (TPSA) is 70.7 Å². The van der Waals surface area contributed by atoms with Gasteiger partial charge in [-0.2, -0.15) is 0 Å². The van der Waals surface area contributed by atoms with Crippen molar-refractivity contribution in [2.45, 2.75) is 71.6 Å². The van der Waals surface area contributed by atoms with E-state index in [1.807, 2.05) is 0 Å². The van der Waals surface area contributed by atoms with Crippen LogP contribution in [0, 0.1) is 5.92 Å². The summed E-state index contributed by atoms with van der Waals surface area (Å²) in [5.74, 6) is 1.68. The van der Waals surface area contributed by atoms with Gasteiger partial charge in [0.15, 0.2) is 0 Å². The Balaban J connectivity index is 1.53. The molecule has 0 radical (unpaired) electrons. The van der Waals surface area contributed by atoms with Crippen LogP contribution in [0.3, 0.4) is 0 Å². The third-order valence-electron chi connectivity index (χ3n) is 5.84. The van der Waals surface area contributed by atoms with Crippen LogP contribution in [0.2, 0.25) is 0 Å². The molecule has 1 aliphatic carbocycles. The lowest BCUT2D eigenvalue weighted by Crippen LogP contribution is -2.42. The van der Waals surface area contributed by atoms with Crippen LogP contribution in [0.4, 0.5) is 11.4 Å². The number of hydrogen-bond donors (Lipinski definition) is 2. The van der Waals surface area contributed by atoms with Gasteiger partial charge in [-0.1, -0.05) is 0 Å². The molecule has 0 saturated heterocycles. The Morgan fingerprint density at radius 3 is 2.57 bits per heavy atom. The number of sulfonamides is 1. The second-order valence-electron chi connectivity index (χ2n) is 8.48. The predicted molar refractivity (Wildman–Crippen MR) is 116 cm³/mol. The fraction of sp³-hybridized carbons (Fsp3) is 0.714. The number of nitrogens with zero attached hydrogens (tertiary/aromatic N) is 1. The minimum absolute atomic E-state index is 0.0989. The summed E-state index contributed by atoms with van der Waals surface area (Å²) in [4.78, 5) is 2.39. The Bertz CT molecular complexity index is 758. The molecule has 0 spiro atoms. The fourth-order valence-corrected chi connectivity index (χ4v) is 5.07. The van der Waals surface area contributed by atoms with E-state index in [2.05, 4.69) is 53.9 Å². The highest BCUT2D eigenvalue weighted by Crippen LogP contribution is 2.37. The molecule has 158 valence electrons. The molecule has 28 heavy (non-hydrogen) atoms. The molecule has 3 rings (SSSR count). The van der Waals surface area contributed by atoms with Crippen LogP contribution in [0.5, 0.6) is 5.75 Å². The zero-order valence-electron chi connectivity index (χ0n) is 17.6. The Morgan fingerprint density at radius 2 is 1.93 bits per heavy atom. The van der Waals surface area contributed by atoms with Crippen molar-refractivity contribution in [3.8, 4) is 5.75 Å². The molecule has 1 aromatic carbocycles. The third-order valence-corrected chi connectivity index (χ3v) is 7.29. The maximum atomic E-state index is 11.7. The first kappa shape index (κ1) is 21.2. The molecule has 0 aromatic heterocycles. The van der Waals surface area contributed by atoms with Gasteiger partial charge in [0.2, 0.25) is 10.0 Å². The van der Waals surface area contributed by atoms with Crippen molar-refractivity contribution in [2.75, 3.05) is 29.1 Å². The molecule has 6 nitrogen and oxygen atoms in total. The van der Waals surface area contributed by atoms with E-state index in [0.717, 1.165) is 50.2 Å².